The van der Waals surface area contributed by atoms with Crippen LogP contribution in [0.15, 0.2) is 70.8 Å². The van der Waals surface area contributed by atoms with E-state index in [1.807, 2.05) is 67.8 Å². The van der Waals surface area contributed by atoms with Gasteiger partial charge in [0.1, 0.15) is 6.04 Å². The molecule has 1 unspecified atom stereocenters. The number of likely N-dealkylation sites (tertiary alicyclic amines) is 2. The Morgan fingerprint density at radius 2 is 1.52 bits per heavy atom. The molecule has 4 aliphatic heterocycles. The SMILES string of the molecule is C.COC(=O)C[C@H](C(=O)N1[C@@H]2CC[C@@H](C2)[C@H]1C1=Nc2ccc(-c3ccc4c(c3)C(F)(F)c3cc(C5=CN=C(C6CC7(CC7)CN6C(=O)[C@@H](NC(=O)OC)C(C)C)C5)ccc3-4)cc2C1)C(C)C. The van der Waals surface area contributed by atoms with Crippen LogP contribution in [0, 0.1) is 29.1 Å². The van der Waals surface area contributed by atoms with E-state index in [4.69, 9.17) is 19.5 Å². The van der Waals surface area contributed by atoms with Crippen molar-refractivity contribution in [3.8, 4) is 22.3 Å². The Kier molecular flexibility index (Phi) is 11.6. The van der Waals surface area contributed by atoms with Gasteiger partial charge in [0.05, 0.1) is 44.3 Å². The first-order valence-corrected chi connectivity index (χ1v) is 23.3. The second kappa shape index (κ2) is 16.9. The van der Waals surface area contributed by atoms with Gasteiger partial charge in [-0.3, -0.25) is 24.4 Å². The monoisotopic (exact) mass is 901 g/mol. The summed E-state index contributed by atoms with van der Waals surface area (Å²) in [4.78, 5) is 66.5. The summed E-state index contributed by atoms with van der Waals surface area (Å²) in [7, 11) is 2.63. The van der Waals surface area contributed by atoms with E-state index < -0.39 is 24.0 Å². The molecule has 66 heavy (non-hydrogen) atoms. The first-order valence-electron chi connectivity index (χ1n) is 23.3. The topological polar surface area (TPSA) is 130 Å². The van der Waals surface area contributed by atoms with Gasteiger partial charge in [-0.2, -0.15) is 8.78 Å². The van der Waals surface area contributed by atoms with E-state index in [1.165, 1.54) is 14.2 Å². The molecule has 2 bridgehead atoms. The molecule has 1 N–H and O–H groups in total. The lowest BCUT2D eigenvalue weighted by atomic mass is 9.87. The first kappa shape index (κ1) is 45.4. The van der Waals surface area contributed by atoms with Crippen LogP contribution in [0.1, 0.15) is 109 Å². The van der Waals surface area contributed by atoms with Gasteiger partial charge in [-0.1, -0.05) is 65.5 Å². The second-order valence-corrected chi connectivity index (χ2v) is 20.3. The molecule has 6 atom stereocenters. The third-order valence-electron chi connectivity index (χ3n) is 15.6. The lowest BCUT2D eigenvalue weighted by molar-refractivity contribution is -0.149. The number of hydrogen-bond donors (Lipinski definition) is 1. The molecule has 3 aromatic rings. The van der Waals surface area contributed by atoms with E-state index in [0.717, 1.165) is 72.3 Å². The van der Waals surface area contributed by atoms with Gasteiger partial charge in [0, 0.05) is 54.2 Å². The zero-order valence-electron chi connectivity index (χ0n) is 38.0. The van der Waals surface area contributed by atoms with E-state index in [2.05, 4.69) is 5.32 Å². The number of alkyl carbamates (subject to hydrolysis) is 1. The normalized spacial score (nSPS) is 24.3. The zero-order chi connectivity index (χ0) is 45.7. The summed E-state index contributed by atoms with van der Waals surface area (Å²) < 4.78 is 43.2. The molecule has 4 fully saturated rings. The number of ether oxygens (including phenoxy) is 2. The van der Waals surface area contributed by atoms with Crippen LogP contribution in [0.5, 0.6) is 0 Å². The maximum absolute atomic E-state index is 16.7. The highest BCUT2D eigenvalue weighted by Gasteiger charge is 2.56. The van der Waals surface area contributed by atoms with Gasteiger partial charge < -0.3 is 24.6 Å². The maximum Gasteiger partial charge on any atom is 0.407 e. The molecule has 0 radical (unpaired) electrons. The first-order chi connectivity index (χ1) is 31.1. The van der Waals surface area contributed by atoms with Crippen molar-refractivity contribution < 1.29 is 37.4 Å². The van der Waals surface area contributed by atoms with Crippen LogP contribution in [0.4, 0.5) is 19.3 Å². The number of nitrogens with zero attached hydrogens (tertiary/aromatic N) is 4. The number of benzene rings is 3. The van der Waals surface area contributed by atoms with E-state index >= 15 is 8.78 Å². The minimum Gasteiger partial charge on any atom is -0.469 e. The Morgan fingerprint density at radius 3 is 2.18 bits per heavy atom. The average molecular weight is 902 g/mol. The molecule has 3 amide bonds. The van der Waals surface area contributed by atoms with Crippen LogP contribution in [-0.4, -0.2) is 90.0 Å². The Morgan fingerprint density at radius 1 is 0.833 bits per heavy atom. The van der Waals surface area contributed by atoms with E-state index in [0.29, 0.717) is 47.6 Å². The predicted octanol–water partition coefficient (Wildman–Crippen LogP) is 9.90. The van der Waals surface area contributed by atoms with Gasteiger partial charge in [0.15, 0.2) is 0 Å². The molecule has 7 aliphatic rings. The molecule has 1 spiro atoms. The van der Waals surface area contributed by atoms with Crippen molar-refractivity contribution in [1.29, 1.82) is 0 Å². The lowest BCUT2D eigenvalue weighted by Gasteiger charge is -2.38. The number of halogens is 2. The summed E-state index contributed by atoms with van der Waals surface area (Å²) in [5.41, 5.74) is 7.63. The second-order valence-electron chi connectivity index (χ2n) is 20.3. The molecule has 11 nitrogen and oxygen atoms in total. The molecule has 10 rings (SSSR count). The summed E-state index contributed by atoms with van der Waals surface area (Å²) in [6.45, 7) is 8.33. The van der Waals surface area contributed by atoms with E-state index in [1.54, 1.807) is 30.5 Å². The molecular weight excluding hydrogens is 841 g/mol. The van der Waals surface area contributed by atoms with Crippen molar-refractivity contribution in [3.63, 3.8) is 0 Å². The smallest absolute Gasteiger partial charge is 0.407 e. The van der Waals surface area contributed by atoms with Crippen LogP contribution in [0.2, 0.25) is 0 Å². The average Bonchev–Trinajstić information content (AvgIpc) is 3.95. The highest BCUT2D eigenvalue weighted by molar-refractivity contribution is 6.05. The third kappa shape index (κ3) is 7.63. The van der Waals surface area contributed by atoms with Crippen molar-refractivity contribution in [1.82, 2.24) is 15.1 Å². The molecule has 2 saturated heterocycles. The summed E-state index contributed by atoms with van der Waals surface area (Å²) >= 11 is 0. The number of aliphatic imine (C=N–C) groups is 2. The highest BCUT2D eigenvalue weighted by Crippen LogP contribution is 2.56. The molecule has 348 valence electrons. The van der Waals surface area contributed by atoms with Crippen molar-refractivity contribution in [2.75, 3.05) is 20.8 Å². The fourth-order valence-electron chi connectivity index (χ4n) is 11.8. The van der Waals surface area contributed by atoms with Crippen LogP contribution in [0.25, 0.3) is 27.8 Å². The Bertz CT molecular complexity index is 2610. The number of piperidine rings is 1. The number of alkyl halides is 2. The quantitative estimate of drug-likeness (QED) is 0.191. The zero-order valence-corrected chi connectivity index (χ0v) is 38.0. The molecule has 4 heterocycles. The van der Waals surface area contributed by atoms with Crippen molar-refractivity contribution in [3.05, 3.63) is 83.1 Å². The minimum absolute atomic E-state index is 0. The number of carbonyl (C=O) groups excluding carboxylic acids is 4. The summed E-state index contributed by atoms with van der Waals surface area (Å²) in [5, 5.41) is 2.73. The van der Waals surface area contributed by atoms with Crippen LogP contribution in [-0.2, 0) is 36.2 Å². The Labute approximate surface area is 386 Å². The van der Waals surface area contributed by atoms with Crippen molar-refractivity contribution in [2.45, 2.75) is 123 Å². The molecule has 3 aliphatic carbocycles. The van der Waals surface area contributed by atoms with Crippen LogP contribution < -0.4 is 5.32 Å². The van der Waals surface area contributed by atoms with Gasteiger partial charge in [0.2, 0.25) is 11.8 Å². The number of amides is 3. The number of allylic oxidation sites excluding steroid dienone is 1. The number of nitrogens with one attached hydrogen (secondary N) is 1. The van der Waals surface area contributed by atoms with Gasteiger partial charge >= 0.3 is 12.1 Å². The highest BCUT2D eigenvalue weighted by atomic mass is 19.3. The van der Waals surface area contributed by atoms with Gasteiger partial charge in [-0.25, -0.2) is 4.79 Å². The molecule has 3 aromatic carbocycles. The standard InChI is InChI=1S/C52H57F2N5O6.CH4/c1-27(2)38(23-45(60)64-5)48(61)59-35-11-7-32(18-35)47(59)43-21-33-17-29(10-14-41(33)56-43)30-8-12-36-37-13-9-31(20-40(37)52(53,54)39(36)19-30)34-22-42(55-25-34)44-24-51(15-16-51)26-58(44)49(62)46(28(3)4)57-50(63)65-6;/h8-10,12-14,17,19-20,25,27-28,32,35,38,44,46-47H,7,11,15-16,18,21-24,26H2,1-6H3,(H,57,63);1H4/t32-,35+,38-,44?,46-,47-;/m0./s1. The molecular formula is C53H61F2N5O6. The summed E-state index contributed by atoms with van der Waals surface area (Å²) in [6, 6.07) is 15.6. The minimum atomic E-state index is -3.24. The fourth-order valence-corrected chi connectivity index (χ4v) is 11.8. The molecule has 2 saturated carbocycles. The van der Waals surface area contributed by atoms with Gasteiger partial charge in [-0.05, 0) is 125 Å². The number of rotatable bonds is 11. The van der Waals surface area contributed by atoms with Crippen molar-refractivity contribution >= 4 is 46.6 Å². The number of methoxy groups -OCH3 is 2. The van der Waals surface area contributed by atoms with Crippen LogP contribution in [0.3, 0.4) is 0 Å². The van der Waals surface area contributed by atoms with E-state index in [9.17, 15) is 19.2 Å². The Balaban J connectivity index is 0.00000548. The maximum atomic E-state index is 16.7. The van der Waals surface area contributed by atoms with Gasteiger partial charge in [-0.15, -0.1) is 0 Å². The lowest BCUT2D eigenvalue weighted by Crippen LogP contribution is -2.53. The number of esters is 1. The van der Waals surface area contributed by atoms with Gasteiger partial charge in [0.25, 0.3) is 5.92 Å². The Hall–Kier alpha value is -5.72. The summed E-state index contributed by atoms with van der Waals surface area (Å²) in [5.74, 6) is -4.13. The molecule has 0 aromatic heterocycles. The third-order valence-corrected chi connectivity index (χ3v) is 15.6. The predicted molar refractivity (Wildman–Crippen MR) is 251 cm³/mol. The fraction of sp³-hybridized carbons (Fsp3) is 0.509. The largest absolute Gasteiger partial charge is 0.469 e. The van der Waals surface area contributed by atoms with Crippen molar-refractivity contribution in [2.24, 2.45) is 39.1 Å². The number of hydrogen-bond acceptors (Lipinski definition) is 8. The number of fused-ring (bicyclic) bond motifs is 6. The van der Waals surface area contributed by atoms with E-state index in [-0.39, 0.29) is 78.1 Å². The molecule has 13 heteroatoms. The number of carbonyl (C=O) groups is 4. The summed E-state index contributed by atoms with van der Waals surface area (Å²) in [6.07, 6.45) is 7.93. The van der Waals surface area contributed by atoms with Crippen LogP contribution >= 0.6 is 0 Å².